The monoisotopic (exact) mass is 345 g/mol. The highest BCUT2D eigenvalue weighted by molar-refractivity contribution is 5.59. The quantitative estimate of drug-likeness (QED) is 0.678. The van der Waals surface area contributed by atoms with E-state index in [0.29, 0.717) is 11.4 Å². The summed E-state index contributed by atoms with van der Waals surface area (Å²) in [5.74, 6) is 2.30. The van der Waals surface area contributed by atoms with Crippen LogP contribution in [0.2, 0.25) is 0 Å². The SMILES string of the molecule is COc1ccc(CCNc2cc(Nc3ccc(C#N)cc3)ncn2)cc1. The van der Waals surface area contributed by atoms with Crippen LogP contribution in [0.4, 0.5) is 17.3 Å². The van der Waals surface area contributed by atoms with Gasteiger partial charge in [-0.15, -0.1) is 0 Å². The van der Waals surface area contributed by atoms with Gasteiger partial charge in [0.2, 0.25) is 0 Å². The molecule has 0 spiro atoms. The molecule has 0 unspecified atom stereocenters. The van der Waals surface area contributed by atoms with Crippen molar-refractivity contribution in [2.75, 3.05) is 24.3 Å². The van der Waals surface area contributed by atoms with Crippen LogP contribution in [0.25, 0.3) is 0 Å². The summed E-state index contributed by atoms with van der Waals surface area (Å²) in [5, 5.41) is 15.3. The van der Waals surface area contributed by atoms with Crippen LogP contribution in [0.3, 0.4) is 0 Å². The molecule has 0 aliphatic rings. The molecular weight excluding hydrogens is 326 g/mol. The fraction of sp³-hybridized carbons (Fsp3) is 0.150. The number of nitrogens with zero attached hydrogens (tertiary/aromatic N) is 3. The van der Waals surface area contributed by atoms with Gasteiger partial charge in [-0.2, -0.15) is 5.26 Å². The highest BCUT2D eigenvalue weighted by Crippen LogP contribution is 2.17. The summed E-state index contributed by atoms with van der Waals surface area (Å²) in [7, 11) is 1.66. The van der Waals surface area contributed by atoms with Crippen LogP contribution < -0.4 is 15.4 Å². The van der Waals surface area contributed by atoms with Crippen molar-refractivity contribution in [1.29, 1.82) is 5.26 Å². The molecule has 6 heteroatoms. The number of methoxy groups -OCH3 is 1. The number of hydrogen-bond acceptors (Lipinski definition) is 6. The molecule has 0 bridgehead atoms. The molecule has 0 aliphatic heterocycles. The van der Waals surface area contributed by atoms with Crippen molar-refractivity contribution in [3.8, 4) is 11.8 Å². The molecule has 0 radical (unpaired) electrons. The molecule has 0 saturated heterocycles. The number of benzene rings is 2. The molecule has 1 heterocycles. The Bertz CT molecular complexity index is 885. The minimum Gasteiger partial charge on any atom is -0.497 e. The zero-order valence-electron chi connectivity index (χ0n) is 14.4. The third-order valence-corrected chi connectivity index (χ3v) is 3.83. The molecule has 2 aromatic carbocycles. The van der Waals surface area contributed by atoms with Gasteiger partial charge in [-0.05, 0) is 48.4 Å². The molecule has 1 aromatic heterocycles. The van der Waals surface area contributed by atoms with Crippen LogP contribution in [0.1, 0.15) is 11.1 Å². The molecule has 0 amide bonds. The van der Waals surface area contributed by atoms with E-state index >= 15 is 0 Å². The van der Waals surface area contributed by atoms with E-state index < -0.39 is 0 Å². The lowest BCUT2D eigenvalue weighted by atomic mass is 10.1. The average Bonchev–Trinajstić information content (AvgIpc) is 2.69. The summed E-state index contributed by atoms with van der Waals surface area (Å²) in [6, 6.07) is 19.2. The Balaban J connectivity index is 1.55. The van der Waals surface area contributed by atoms with E-state index in [9.17, 15) is 0 Å². The maximum Gasteiger partial charge on any atom is 0.135 e. The van der Waals surface area contributed by atoms with Gasteiger partial charge in [0, 0.05) is 18.3 Å². The standard InChI is InChI=1S/C20H19N5O/c1-26-18-8-4-15(5-9-18)10-11-22-19-12-20(24-14-23-19)25-17-6-2-16(13-21)3-7-17/h2-9,12,14H,10-11H2,1H3,(H2,22,23,24,25). The molecule has 3 rings (SSSR count). The van der Waals surface area contributed by atoms with Crippen molar-refractivity contribution in [2.45, 2.75) is 6.42 Å². The topological polar surface area (TPSA) is 82.9 Å². The molecule has 6 nitrogen and oxygen atoms in total. The van der Waals surface area contributed by atoms with Crippen molar-refractivity contribution in [2.24, 2.45) is 0 Å². The third-order valence-electron chi connectivity index (χ3n) is 3.83. The Hall–Kier alpha value is -3.59. The molecule has 0 atom stereocenters. The Morgan fingerprint density at radius 3 is 2.42 bits per heavy atom. The smallest absolute Gasteiger partial charge is 0.135 e. The van der Waals surface area contributed by atoms with Crippen LogP contribution in [-0.2, 0) is 6.42 Å². The van der Waals surface area contributed by atoms with Crippen molar-refractivity contribution in [3.05, 3.63) is 72.1 Å². The Kier molecular flexibility index (Phi) is 5.63. The molecule has 0 fully saturated rings. The van der Waals surface area contributed by atoms with Gasteiger partial charge in [0.05, 0.1) is 18.7 Å². The van der Waals surface area contributed by atoms with Gasteiger partial charge in [-0.25, -0.2) is 9.97 Å². The fourth-order valence-electron chi connectivity index (χ4n) is 2.43. The Morgan fingerprint density at radius 2 is 1.73 bits per heavy atom. The number of nitrogens with one attached hydrogen (secondary N) is 2. The molecular formula is C20H19N5O. The first kappa shape index (κ1) is 17.2. The lowest BCUT2D eigenvalue weighted by Crippen LogP contribution is -2.07. The summed E-state index contributed by atoms with van der Waals surface area (Å²) in [6.45, 7) is 0.764. The van der Waals surface area contributed by atoms with Gasteiger partial charge in [0.25, 0.3) is 0 Å². The first-order chi connectivity index (χ1) is 12.8. The highest BCUT2D eigenvalue weighted by Gasteiger charge is 2.01. The van der Waals surface area contributed by atoms with E-state index in [4.69, 9.17) is 10.00 Å². The predicted octanol–water partition coefficient (Wildman–Crippen LogP) is 3.76. The van der Waals surface area contributed by atoms with Crippen molar-refractivity contribution < 1.29 is 4.74 Å². The van der Waals surface area contributed by atoms with Crippen LogP contribution in [0, 0.1) is 11.3 Å². The molecule has 3 aromatic rings. The van der Waals surface area contributed by atoms with Gasteiger partial charge in [-0.1, -0.05) is 12.1 Å². The number of anilines is 3. The summed E-state index contributed by atoms with van der Waals surface area (Å²) in [5.41, 5.74) is 2.72. The van der Waals surface area contributed by atoms with E-state index in [1.807, 2.05) is 30.3 Å². The van der Waals surface area contributed by atoms with Gasteiger partial charge < -0.3 is 15.4 Å². The summed E-state index contributed by atoms with van der Waals surface area (Å²) < 4.78 is 5.16. The Morgan fingerprint density at radius 1 is 1.00 bits per heavy atom. The number of hydrogen-bond donors (Lipinski definition) is 2. The Labute approximate surface area is 152 Å². The summed E-state index contributed by atoms with van der Waals surface area (Å²) in [6.07, 6.45) is 2.40. The van der Waals surface area contributed by atoms with Crippen molar-refractivity contribution in [3.63, 3.8) is 0 Å². The largest absolute Gasteiger partial charge is 0.497 e. The maximum absolute atomic E-state index is 8.84. The number of nitriles is 1. The average molecular weight is 345 g/mol. The van der Waals surface area contributed by atoms with Crippen molar-refractivity contribution >= 4 is 17.3 Å². The number of ether oxygens (including phenoxy) is 1. The molecule has 2 N–H and O–H groups in total. The number of rotatable bonds is 7. The molecule has 0 aliphatic carbocycles. The van der Waals surface area contributed by atoms with Gasteiger partial charge in [0.1, 0.15) is 23.7 Å². The second-order valence-electron chi connectivity index (χ2n) is 5.63. The van der Waals surface area contributed by atoms with E-state index in [1.165, 1.54) is 11.9 Å². The molecule has 26 heavy (non-hydrogen) atoms. The van der Waals surface area contributed by atoms with Crippen LogP contribution in [0.15, 0.2) is 60.9 Å². The second-order valence-corrected chi connectivity index (χ2v) is 5.63. The number of aromatic nitrogens is 2. The summed E-state index contributed by atoms with van der Waals surface area (Å²) in [4.78, 5) is 8.46. The van der Waals surface area contributed by atoms with Gasteiger partial charge in [-0.3, -0.25) is 0 Å². The normalized spacial score (nSPS) is 10.0. The zero-order chi connectivity index (χ0) is 18.2. The van der Waals surface area contributed by atoms with E-state index in [1.54, 1.807) is 19.2 Å². The third kappa shape index (κ3) is 4.71. The zero-order valence-corrected chi connectivity index (χ0v) is 14.4. The first-order valence-electron chi connectivity index (χ1n) is 8.23. The summed E-state index contributed by atoms with van der Waals surface area (Å²) >= 11 is 0. The van der Waals surface area contributed by atoms with Crippen LogP contribution in [0.5, 0.6) is 5.75 Å². The van der Waals surface area contributed by atoms with Gasteiger partial charge >= 0.3 is 0 Å². The lowest BCUT2D eigenvalue weighted by Gasteiger charge is -2.09. The molecule has 0 saturated carbocycles. The van der Waals surface area contributed by atoms with E-state index in [2.05, 4.69) is 38.8 Å². The van der Waals surface area contributed by atoms with Crippen LogP contribution >= 0.6 is 0 Å². The van der Waals surface area contributed by atoms with E-state index in [0.717, 1.165) is 30.2 Å². The first-order valence-corrected chi connectivity index (χ1v) is 8.23. The maximum atomic E-state index is 8.84. The predicted molar refractivity (Wildman–Crippen MR) is 102 cm³/mol. The van der Waals surface area contributed by atoms with E-state index in [-0.39, 0.29) is 0 Å². The van der Waals surface area contributed by atoms with Gasteiger partial charge in [0.15, 0.2) is 0 Å². The minimum atomic E-state index is 0.624. The van der Waals surface area contributed by atoms with Crippen LogP contribution in [-0.4, -0.2) is 23.6 Å². The molecule has 130 valence electrons. The van der Waals surface area contributed by atoms with Crippen molar-refractivity contribution in [1.82, 2.24) is 9.97 Å². The minimum absolute atomic E-state index is 0.624. The highest BCUT2D eigenvalue weighted by atomic mass is 16.5. The lowest BCUT2D eigenvalue weighted by molar-refractivity contribution is 0.414. The fourth-order valence-corrected chi connectivity index (χ4v) is 2.43. The second kappa shape index (κ2) is 8.49.